The summed E-state index contributed by atoms with van der Waals surface area (Å²) < 4.78 is 0. The van der Waals surface area contributed by atoms with Gasteiger partial charge in [0.1, 0.15) is 0 Å². The van der Waals surface area contributed by atoms with Gasteiger partial charge in [0.15, 0.2) is 0 Å². The van der Waals surface area contributed by atoms with E-state index in [1.54, 1.807) is 0 Å². The van der Waals surface area contributed by atoms with Crippen molar-refractivity contribution in [2.45, 2.75) is 122 Å². The highest BCUT2D eigenvalue weighted by molar-refractivity contribution is 5.96. The van der Waals surface area contributed by atoms with Gasteiger partial charge in [-0.15, -0.1) is 0 Å². The Bertz CT molecular complexity index is 2850. The molecule has 0 unspecified atom stereocenters. The monoisotopic (exact) mass is 809 g/mol. The third-order valence-corrected chi connectivity index (χ3v) is 15.6. The van der Waals surface area contributed by atoms with E-state index in [2.05, 4.69) is 226 Å². The molecule has 7 aromatic carbocycles. The van der Waals surface area contributed by atoms with Gasteiger partial charge in [-0.2, -0.15) is 0 Å². The number of nitrogens with zero attached hydrogens (tertiary/aromatic N) is 1. The van der Waals surface area contributed by atoms with E-state index < -0.39 is 0 Å². The lowest BCUT2D eigenvalue weighted by Gasteiger charge is -2.45. The highest BCUT2D eigenvalue weighted by Gasteiger charge is 2.42. The minimum Gasteiger partial charge on any atom is -0.310 e. The molecule has 0 fully saturated rings. The standard InChI is InChI=1S/C61H63N/c1-57(2)33-34-59(5,6)53-37-44(29-32-50(53)57)47-38-48-46-19-14-15-20-49(46)61(9,10)52(48)39-55(47)62(54-22-16-21-51-56(54)60(7,8)36-35-58(51,3)4)45-30-27-43(28-31-45)42-25-23-41(24-26-42)40-17-12-11-13-18-40/h11-32,37-39H,33-36H2,1-10H3. The maximum Gasteiger partial charge on any atom is 0.0543 e. The minimum atomic E-state index is -0.153. The molecule has 10 rings (SSSR count). The smallest absolute Gasteiger partial charge is 0.0543 e. The number of anilines is 3. The zero-order chi connectivity index (χ0) is 43.4. The van der Waals surface area contributed by atoms with Gasteiger partial charge in [0, 0.05) is 16.7 Å². The maximum atomic E-state index is 2.65. The molecule has 0 heterocycles. The first kappa shape index (κ1) is 40.4. The molecule has 62 heavy (non-hydrogen) atoms. The summed E-state index contributed by atoms with van der Waals surface area (Å²) >= 11 is 0. The lowest BCUT2D eigenvalue weighted by atomic mass is 9.62. The van der Waals surface area contributed by atoms with Crippen LogP contribution in [0.2, 0.25) is 0 Å². The lowest BCUT2D eigenvalue weighted by Crippen LogP contribution is -2.35. The van der Waals surface area contributed by atoms with E-state index in [0.717, 1.165) is 6.42 Å². The molecule has 0 N–H and O–H groups in total. The Balaban J connectivity index is 1.23. The highest BCUT2D eigenvalue weighted by Crippen LogP contribution is 2.57. The van der Waals surface area contributed by atoms with Gasteiger partial charge < -0.3 is 4.90 Å². The summed E-state index contributed by atoms with van der Waals surface area (Å²) in [5.41, 5.74) is 22.8. The molecule has 7 aromatic rings. The van der Waals surface area contributed by atoms with Crippen molar-refractivity contribution in [3.63, 3.8) is 0 Å². The molecule has 1 heteroatoms. The van der Waals surface area contributed by atoms with Crippen LogP contribution in [0.5, 0.6) is 0 Å². The number of fused-ring (bicyclic) bond motifs is 5. The summed E-state index contributed by atoms with van der Waals surface area (Å²) in [5, 5.41) is 0. The fourth-order valence-corrected chi connectivity index (χ4v) is 11.5. The van der Waals surface area contributed by atoms with Crippen molar-refractivity contribution in [2.24, 2.45) is 0 Å². The van der Waals surface area contributed by atoms with Crippen LogP contribution < -0.4 is 4.90 Å². The molecule has 0 atom stereocenters. The molecule has 0 radical (unpaired) electrons. The van der Waals surface area contributed by atoms with Crippen LogP contribution in [0.3, 0.4) is 0 Å². The topological polar surface area (TPSA) is 3.24 Å². The van der Waals surface area contributed by atoms with E-state index in [0.29, 0.717) is 0 Å². The summed E-state index contributed by atoms with van der Waals surface area (Å²) in [6, 6.07) is 58.0. The minimum absolute atomic E-state index is 0.00599. The molecule has 3 aliphatic carbocycles. The third-order valence-electron chi connectivity index (χ3n) is 15.6. The van der Waals surface area contributed by atoms with Gasteiger partial charge >= 0.3 is 0 Å². The summed E-state index contributed by atoms with van der Waals surface area (Å²) in [4.78, 5) is 2.65. The second kappa shape index (κ2) is 14.2. The van der Waals surface area contributed by atoms with Crippen molar-refractivity contribution in [1.29, 1.82) is 0 Å². The van der Waals surface area contributed by atoms with Crippen LogP contribution in [-0.4, -0.2) is 0 Å². The van der Waals surface area contributed by atoms with Crippen LogP contribution in [0.1, 0.15) is 128 Å². The van der Waals surface area contributed by atoms with Crippen molar-refractivity contribution in [3.05, 3.63) is 185 Å². The molecule has 0 saturated carbocycles. The van der Waals surface area contributed by atoms with Gasteiger partial charge in [-0.1, -0.05) is 191 Å². The Morgan fingerprint density at radius 2 is 0.839 bits per heavy atom. The van der Waals surface area contributed by atoms with Crippen LogP contribution in [0.15, 0.2) is 152 Å². The van der Waals surface area contributed by atoms with Crippen LogP contribution >= 0.6 is 0 Å². The molecular formula is C61H63N. The second-order valence-corrected chi connectivity index (χ2v) is 21.9. The van der Waals surface area contributed by atoms with Gasteiger partial charge in [0.25, 0.3) is 0 Å². The Morgan fingerprint density at radius 3 is 1.50 bits per heavy atom. The van der Waals surface area contributed by atoms with Gasteiger partial charge in [0.05, 0.1) is 11.4 Å². The summed E-state index contributed by atoms with van der Waals surface area (Å²) in [5.74, 6) is 0. The number of hydrogen-bond donors (Lipinski definition) is 0. The molecule has 0 bridgehead atoms. The van der Waals surface area contributed by atoms with Crippen LogP contribution in [0.4, 0.5) is 17.1 Å². The SMILES string of the molecule is CC1(C)CCC(C)(C)c2cc(-c3cc4c(cc3N(c3ccc(-c5ccc(-c6ccccc6)cc5)cc3)c3cccc5c3C(C)(C)CCC5(C)C)C(C)(C)c3ccccc3-4)ccc21. The first-order valence-corrected chi connectivity index (χ1v) is 23.1. The van der Waals surface area contributed by atoms with E-state index in [1.807, 2.05) is 0 Å². The van der Waals surface area contributed by atoms with E-state index in [1.165, 1.54) is 114 Å². The zero-order valence-electron chi connectivity index (χ0n) is 38.7. The molecule has 0 aromatic heterocycles. The largest absolute Gasteiger partial charge is 0.310 e. The molecule has 3 aliphatic rings. The zero-order valence-corrected chi connectivity index (χ0v) is 38.7. The Hall–Kier alpha value is -5.66. The van der Waals surface area contributed by atoms with Crippen molar-refractivity contribution < 1.29 is 0 Å². The number of rotatable bonds is 6. The molecule has 312 valence electrons. The van der Waals surface area contributed by atoms with Crippen molar-refractivity contribution in [3.8, 4) is 44.5 Å². The van der Waals surface area contributed by atoms with Gasteiger partial charge in [-0.25, -0.2) is 0 Å². The molecule has 1 nitrogen and oxygen atoms in total. The average molecular weight is 810 g/mol. The average Bonchev–Trinajstić information content (AvgIpc) is 3.49. The van der Waals surface area contributed by atoms with Gasteiger partial charge in [-0.05, 0) is 150 Å². The maximum absolute atomic E-state index is 2.65. The fourth-order valence-electron chi connectivity index (χ4n) is 11.5. The summed E-state index contributed by atoms with van der Waals surface area (Å²) in [7, 11) is 0. The molecule has 0 aliphatic heterocycles. The van der Waals surface area contributed by atoms with Crippen molar-refractivity contribution >= 4 is 17.1 Å². The van der Waals surface area contributed by atoms with Crippen LogP contribution in [0, 0.1) is 0 Å². The second-order valence-electron chi connectivity index (χ2n) is 21.9. The Kier molecular flexibility index (Phi) is 9.24. The Labute approximate surface area is 371 Å². The highest BCUT2D eigenvalue weighted by atomic mass is 15.1. The van der Waals surface area contributed by atoms with E-state index in [-0.39, 0.29) is 27.1 Å². The van der Waals surface area contributed by atoms with E-state index in [4.69, 9.17) is 0 Å². The van der Waals surface area contributed by atoms with E-state index >= 15 is 0 Å². The predicted octanol–water partition coefficient (Wildman–Crippen LogP) is 17.2. The third kappa shape index (κ3) is 6.49. The summed E-state index contributed by atoms with van der Waals surface area (Å²) in [6.45, 7) is 24.5. The summed E-state index contributed by atoms with van der Waals surface area (Å²) in [6.07, 6.45) is 4.70. The number of hydrogen-bond acceptors (Lipinski definition) is 1. The van der Waals surface area contributed by atoms with Gasteiger partial charge in [0.2, 0.25) is 0 Å². The molecule has 0 spiro atoms. The molecule has 0 amide bonds. The number of benzene rings is 7. The van der Waals surface area contributed by atoms with Crippen molar-refractivity contribution in [2.75, 3.05) is 4.90 Å². The molecule has 0 saturated heterocycles. The fraction of sp³-hybridized carbons (Fsp3) is 0.311. The normalized spacial score (nSPS) is 18.2. The lowest BCUT2D eigenvalue weighted by molar-refractivity contribution is 0.332. The molecular weight excluding hydrogens is 747 g/mol. The van der Waals surface area contributed by atoms with Crippen LogP contribution in [0.25, 0.3) is 44.5 Å². The first-order valence-electron chi connectivity index (χ1n) is 23.1. The first-order chi connectivity index (χ1) is 29.5. The van der Waals surface area contributed by atoms with Crippen LogP contribution in [-0.2, 0) is 27.1 Å². The van der Waals surface area contributed by atoms with E-state index in [9.17, 15) is 0 Å². The predicted molar refractivity (Wildman–Crippen MR) is 266 cm³/mol. The Morgan fingerprint density at radius 1 is 0.323 bits per heavy atom. The quantitative estimate of drug-likeness (QED) is 0.162. The van der Waals surface area contributed by atoms with Crippen molar-refractivity contribution in [1.82, 2.24) is 0 Å². The van der Waals surface area contributed by atoms with Gasteiger partial charge in [-0.3, -0.25) is 0 Å².